The summed E-state index contributed by atoms with van der Waals surface area (Å²) in [5, 5.41) is 4.45. The second-order valence-corrected chi connectivity index (χ2v) is 5.28. The summed E-state index contributed by atoms with van der Waals surface area (Å²) in [6, 6.07) is 4.04. The topological polar surface area (TPSA) is 103 Å². The molecule has 0 radical (unpaired) electrons. The zero-order valence-electron chi connectivity index (χ0n) is 15.4. The van der Waals surface area contributed by atoms with Crippen molar-refractivity contribution in [2.75, 3.05) is 26.4 Å². The molecule has 26 heavy (non-hydrogen) atoms. The molecule has 1 aromatic rings. The van der Waals surface area contributed by atoms with Gasteiger partial charge in [0.1, 0.15) is 0 Å². The molecule has 0 heterocycles. The summed E-state index contributed by atoms with van der Waals surface area (Å²) in [5.41, 5.74) is 0.224. The zero-order chi connectivity index (χ0) is 19.4. The van der Waals surface area contributed by atoms with Crippen LogP contribution < -0.4 is 20.1 Å². The number of hydrogen-bond donors (Lipinski definition) is 2. The summed E-state index contributed by atoms with van der Waals surface area (Å²) >= 11 is 0. The second-order valence-electron chi connectivity index (χ2n) is 5.28. The van der Waals surface area contributed by atoms with Crippen LogP contribution in [-0.2, 0) is 9.53 Å². The molecule has 0 saturated heterocycles. The van der Waals surface area contributed by atoms with E-state index in [-0.39, 0.29) is 5.56 Å². The highest BCUT2D eigenvalue weighted by Crippen LogP contribution is 2.29. The molecule has 1 rings (SSSR count). The smallest absolute Gasteiger partial charge is 0.338 e. The fourth-order valence-electron chi connectivity index (χ4n) is 1.93. The highest BCUT2D eigenvalue weighted by molar-refractivity contribution is 5.97. The van der Waals surface area contributed by atoms with Crippen molar-refractivity contribution in [1.82, 2.24) is 10.6 Å². The van der Waals surface area contributed by atoms with Crippen LogP contribution in [-0.4, -0.2) is 44.3 Å². The van der Waals surface area contributed by atoms with Crippen molar-refractivity contribution in [2.45, 2.75) is 33.6 Å². The third kappa shape index (κ3) is 7.42. The normalized spacial score (nSPS) is 9.96. The second kappa shape index (κ2) is 11.7. The van der Waals surface area contributed by atoms with Crippen LogP contribution in [0.25, 0.3) is 0 Å². The van der Waals surface area contributed by atoms with E-state index in [9.17, 15) is 14.4 Å². The van der Waals surface area contributed by atoms with Crippen molar-refractivity contribution in [1.29, 1.82) is 0 Å². The van der Waals surface area contributed by atoms with Crippen LogP contribution in [0.1, 0.15) is 44.0 Å². The average Bonchev–Trinajstić information content (AvgIpc) is 2.61. The first-order chi connectivity index (χ1) is 12.5. The van der Waals surface area contributed by atoms with Crippen molar-refractivity contribution >= 4 is 17.9 Å². The van der Waals surface area contributed by atoms with Gasteiger partial charge in [-0.3, -0.25) is 10.1 Å². The number of benzene rings is 1. The third-order valence-corrected chi connectivity index (χ3v) is 3.16. The van der Waals surface area contributed by atoms with E-state index >= 15 is 0 Å². The summed E-state index contributed by atoms with van der Waals surface area (Å²) in [4.78, 5) is 34.8. The van der Waals surface area contributed by atoms with E-state index < -0.39 is 24.5 Å². The molecule has 3 amide bonds. The molecule has 0 saturated carbocycles. The molecular weight excluding hydrogens is 340 g/mol. The predicted molar refractivity (Wildman–Crippen MR) is 95.5 cm³/mol. The first-order valence-corrected chi connectivity index (χ1v) is 8.66. The number of amides is 3. The summed E-state index contributed by atoms with van der Waals surface area (Å²) in [5.74, 6) is -0.429. The Balaban J connectivity index is 2.66. The van der Waals surface area contributed by atoms with Gasteiger partial charge in [0.15, 0.2) is 18.1 Å². The van der Waals surface area contributed by atoms with Crippen LogP contribution in [0.3, 0.4) is 0 Å². The van der Waals surface area contributed by atoms with Crippen molar-refractivity contribution in [3.63, 3.8) is 0 Å². The van der Waals surface area contributed by atoms with Crippen molar-refractivity contribution in [3.05, 3.63) is 23.8 Å². The first-order valence-electron chi connectivity index (χ1n) is 8.66. The minimum atomic E-state index is -0.714. The van der Waals surface area contributed by atoms with Gasteiger partial charge in [-0.1, -0.05) is 13.3 Å². The number of hydrogen-bond acceptors (Lipinski definition) is 6. The highest BCUT2D eigenvalue weighted by atomic mass is 16.5. The molecule has 0 bridgehead atoms. The molecule has 144 valence electrons. The first kappa shape index (κ1) is 21.3. The summed E-state index contributed by atoms with van der Waals surface area (Å²) in [6.07, 6.45) is 1.92. The fourth-order valence-corrected chi connectivity index (χ4v) is 1.93. The highest BCUT2D eigenvalue weighted by Gasteiger charge is 2.15. The number of unbranched alkanes of at least 4 members (excludes halogenated alkanes) is 1. The van der Waals surface area contributed by atoms with Gasteiger partial charge in [0.2, 0.25) is 0 Å². The van der Waals surface area contributed by atoms with Gasteiger partial charge >= 0.3 is 12.0 Å². The summed E-state index contributed by atoms with van der Waals surface area (Å²) in [7, 11) is 0. The fraction of sp³-hybridized carbons (Fsp3) is 0.500. The van der Waals surface area contributed by atoms with E-state index in [4.69, 9.17) is 14.2 Å². The molecule has 0 aliphatic carbocycles. The molecule has 8 nitrogen and oxygen atoms in total. The van der Waals surface area contributed by atoms with E-state index in [0.29, 0.717) is 31.3 Å². The Bertz CT molecular complexity index is 618. The lowest BCUT2D eigenvalue weighted by Gasteiger charge is -2.13. The Morgan fingerprint density at radius 1 is 1.04 bits per heavy atom. The van der Waals surface area contributed by atoms with E-state index in [1.165, 1.54) is 12.1 Å². The molecule has 0 spiro atoms. The molecule has 2 N–H and O–H groups in total. The van der Waals surface area contributed by atoms with Crippen LogP contribution in [0, 0.1) is 0 Å². The number of nitrogens with one attached hydrogen (secondary N) is 2. The Morgan fingerprint density at radius 2 is 1.81 bits per heavy atom. The van der Waals surface area contributed by atoms with Gasteiger partial charge in [0.05, 0.1) is 18.8 Å². The lowest BCUT2D eigenvalue weighted by atomic mass is 10.2. The Kier molecular flexibility index (Phi) is 9.59. The van der Waals surface area contributed by atoms with Crippen molar-refractivity contribution in [2.24, 2.45) is 0 Å². The molecule has 0 aromatic heterocycles. The largest absolute Gasteiger partial charge is 0.490 e. The number of urea groups is 1. The molecule has 8 heteroatoms. The Labute approximate surface area is 153 Å². The summed E-state index contributed by atoms with van der Waals surface area (Å²) < 4.78 is 16.1. The van der Waals surface area contributed by atoms with Crippen LogP contribution in [0.4, 0.5) is 4.79 Å². The van der Waals surface area contributed by atoms with Gasteiger partial charge in [-0.25, -0.2) is 9.59 Å². The van der Waals surface area contributed by atoms with Crippen molar-refractivity contribution in [3.8, 4) is 11.5 Å². The number of carbonyl (C=O) groups is 3. The molecule has 0 aliphatic rings. The number of esters is 1. The molecule has 0 unspecified atom stereocenters. The van der Waals surface area contributed by atoms with Crippen molar-refractivity contribution < 1.29 is 28.6 Å². The van der Waals surface area contributed by atoms with Crippen LogP contribution in [0.15, 0.2) is 18.2 Å². The Hall–Kier alpha value is -2.77. The molecule has 0 aliphatic heterocycles. The number of ether oxygens (including phenoxy) is 3. The number of carbonyl (C=O) groups excluding carboxylic acids is 3. The molecule has 0 atom stereocenters. The molecule has 1 aromatic carbocycles. The minimum Gasteiger partial charge on any atom is -0.490 e. The van der Waals surface area contributed by atoms with E-state index in [1.807, 2.05) is 12.2 Å². The molecular formula is C18H26N2O6. The number of imide groups is 1. The Morgan fingerprint density at radius 3 is 2.46 bits per heavy atom. The van der Waals surface area contributed by atoms with Gasteiger partial charge < -0.3 is 19.5 Å². The maximum atomic E-state index is 12.1. The zero-order valence-corrected chi connectivity index (χ0v) is 15.4. The predicted octanol–water partition coefficient (Wildman–Crippen LogP) is 2.27. The lowest BCUT2D eigenvalue weighted by molar-refractivity contribution is -0.123. The van der Waals surface area contributed by atoms with Gasteiger partial charge in [-0.2, -0.15) is 0 Å². The average molecular weight is 366 g/mol. The van der Waals surface area contributed by atoms with Gasteiger partial charge in [-0.15, -0.1) is 0 Å². The van der Waals surface area contributed by atoms with Gasteiger partial charge in [-0.05, 0) is 38.5 Å². The minimum absolute atomic E-state index is 0.224. The summed E-state index contributed by atoms with van der Waals surface area (Å²) in [6.45, 7) is 6.40. The third-order valence-electron chi connectivity index (χ3n) is 3.16. The maximum absolute atomic E-state index is 12.1. The van der Waals surface area contributed by atoms with E-state index in [1.54, 1.807) is 13.0 Å². The van der Waals surface area contributed by atoms with Crippen LogP contribution in [0.5, 0.6) is 11.5 Å². The number of rotatable bonds is 10. The lowest BCUT2D eigenvalue weighted by Crippen LogP contribution is -2.41. The van der Waals surface area contributed by atoms with Gasteiger partial charge in [0.25, 0.3) is 5.91 Å². The van der Waals surface area contributed by atoms with Gasteiger partial charge in [0, 0.05) is 6.54 Å². The van der Waals surface area contributed by atoms with Crippen LogP contribution in [0.2, 0.25) is 0 Å². The quantitative estimate of drug-likeness (QED) is 0.486. The van der Waals surface area contributed by atoms with Crippen LogP contribution >= 0.6 is 0 Å². The molecule has 0 fully saturated rings. The standard InChI is InChI=1S/C18H26N2O6/c1-4-7-10-25-14-9-8-13(11-15(14)24-6-3)17(22)26-12-16(21)20-18(23)19-5-2/h8-9,11H,4-7,10,12H2,1-3H3,(H2,19,20,21,23). The van der Waals surface area contributed by atoms with E-state index in [2.05, 4.69) is 12.2 Å². The monoisotopic (exact) mass is 366 g/mol. The SMILES string of the molecule is CCCCOc1ccc(C(=O)OCC(=O)NC(=O)NCC)cc1OCC. The van der Waals surface area contributed by atoms with E-state index in [0.717, 1.165) is 12.8 Å². The maximum Gasteiger partial charge on any atom is 0.338 e.